The predicted molar refractivity (Wildman–Crippen MR) is 111 cm³/mol. The number of carboxylic acids is 1. The van der Waals surface area contributed by atoms with Gasteiger partial charge in [-0.2, -0.15) is 0 Å². The Kier molecular flexibility index (Phi) is 6.26. The smallest absolute Gasteiger partial charge is 0.339 e. The first-order chi connectivity index (χ1) is 13.8. The number of phenols is 1. The molecule has 148 valence electrons. The third-order valence-corrected chi connectivity index (χ3v) is 5.38. The first-order valence-electron chi connectivity index (χ1n) is 8.34. The SMILES string of the molecule is O=C(O)c1cc(NCc2cc([N+](=O)[O-])ccc2Sc2ccc(Cl)cc2)ccc1O. The van der Waals surface area contributed by atoms with Crippen LogP contribution in [0.4, 0.5) is 11.4 Å². The van der Waals surface area contributed by atoms with Crippen LogP contribution >= 0.6 is 23.4 Å². The maximum atomic E-state index is 11.2. The van der Waals surface area contributed by atoms with E-state index in [2.05, 4.69) is 5.32 Å². The van der Waals surface area contributed by atoms with Crippen molar-refractivity contribution < 1.29 is 19.9 Å². The molecule has 0 radical (unpaired) electrons. The van der Waals surface area contributed by atoms with Gasteiger partial charge in [-0.25, -0.2) is 4.79 Å². The summed E-state index contributed by atoms with van der Waals surface area (Å²) in [5.74, 6) is -1.59. The van der Waals surface area contributed by atoms with Crippen LogP contribution in [0.15, 0.2) is 70.5 Å². The van der Waals surface area contributed by atoms with Crippen molar-refractivity contribution in [2.75, 3.05) is 5.32 Å². The fourth-order valence-electron chi connectivity index (χ4n) is 2.56. The molecular formula is C20H15ClN2O5S. The number of carbonyl (C=O) groups is 1. The van der Waals surface area contributed by atoms with Crippen LogP contribution in [-0.2, 0) is 6.54 Å². The monoisotopic (exact) mass is 430 g/mol. The highest BCUT2D eigenvalue weighted by Gasteiger charge is 2.14. The summed E-state index contributed by atoms with van der Waals surface area (Å²) in [6.07, 6.45) is 0. The van der Waals surface area contributed by atoms with Crippen LogP contribution in [-0.4, -0.2) is 21.1 Å². The lowest BCUT2D eigenvalue weighted by Crippen LogP contribution is -2.04. The number of nitro benzene ring substituents is 1. The fraction of sp³-hybridized carbons (Fsp3) is 0.0500. The number of aromatic hydroxyl groups is 1. The normalized spacial score (nSPS) is 10.5. The number of nitrogens with zero attached hydrogens (tertiary/aromatic N) is 1. The summed E-state index contributed by atoms with van der Waals surface area (Å²) in [6.45, 7) is 0.224. The van der Waals surface area contributed by atoms with E-state index in [4.69, 9.17) is 16.7 Å². The summed E-state index contributed by atoms with van der Waals surface area (Å²) < 4.78 is 0. The molecule has 29 heavy (non-hydrogen) atoms. The summed E-state index contributed by atoms with van der Waals surface area (Å²) in [4.78, 5) is 23.6. The second kappa shape index (κ2) is 8.85. The van der Waals surface area contributed by atoms with E-state index in [1.54, 1.807) is 18.2 Å². The molecule has 3 aromatic carbocycles. The van der Waals surface area contributed by atoms with E-state index in [0.29, 0.717) is 16.3 Å². The second-order valence-electron chi connectivity index (χ2n) is 6.00. The van der Waals surface area contributed by atoms with Crippen molar-refractivity contribution in [3.8, 4) is 5.75 Å². The number of non-ortho nitro benzene ring substituents is 1. The van der Waals surface area contributed by atoms with E-state index in [1.807, 2.05) is 12.1 Å². The number of carboxylic acid groups (broad SMARTS) is 1. The molecule has 0 fully saturated rings. The number of hydrogen-bond donors (Lipinski definition) is 3. The van der Waals surface area contributed by atoms with Crippen molar-refractivity contribution in [1.29, 1.82) is 0 Å². The number of rotatable bonds is 7. The van der Waals surface area contributed by atoms with E-state index in [0.717, 1.165) is 9.79 Å². The van der Waals surface area contributed by atoms with Crippen molar-refractivity contribution in [1.82, 2.24) is 0 Å². The molecule has 0 aliphatic heterocycles. The zero-order valence-electron chi connectivity index (χ0n) is 14.8. The van der Waals surface area contributed by atoms with E-state index in [-0.39, 0.29) is 23.5 Å². The molecule has 0 amide bonds. The van der Waals surface area contributed by atoms with Gasteiger partial charge in [0.25, 0.3) is 5.69 Å². The highest BCUT2D eigenvalue weighted by molar-refractivity contribution is 7.99. The van der Waals surface area contributed by atoms with Crippen molar-refractivity contribution in [3.05, 3.63) is 86.9 Å². The van der Waals surface area contributed by atoms with E-state index in [1.165, 1.54) is 42.1 Å². The molecule has 0 aromatic heterocycles. The molecule has 0 atom stereocenters. The van der Waals surface area contributed by atoms with Crippen molar-refractivity contribution in [2.45, 2.75) is 16.3 Å². The zero-order chi connectivity index (χ0) is 21.0. The molecule has 7 nitrogen and oxygen atoms in total. The van der Waals surface area contributed by atoms with E-state index in [9.17, 15) is 20.0 Å². The minimum Gasteiger partial charge on any atom is -0.507 e. The van der Waals surface area contributed by atoms with Gasteiger partial charge >= 0.3 is 5.97 Å². The minimum absolute atomic E-state index is 0.0424. The summed E-state index contributed by atoms with van der Waals surface area (Å²) in [5, 5.41) is 33.6. The Bertz CT molecular complexity index is 1070. The molecule has 3 rings (SSSR count). The van der Waals surface area contributed by atoms with E-state index < -0.39 is 10.9 Å². The first-order valence-corrected chi connectivity index (χ1v) is 9.54. The van der Waals surface area contributed by atoms with Gasteiger partial charge in [-0.1, -0.05) is 23.4 Å². The third-order valence-electron chi connectivity index (χ3n) is 4.01. The summed E-state index contributed by atoms with van der Waals surface area (Å²) in [5.41, 5.74) is 0.863. The van der Waals surface area contributed by atoms with Crippen LogP contribution < -0.4 is 5.32 Å². The maximum absolute atomic E-state index is 11.2. The van der Waals surface area contributed by atoms with Crippen LogP contribution in [0.2, 0.25) is 5.02 Å². The predicted octanol–water partition coefficient (Wildman–Crippen LogP) is 5.42. The molecule has 0 aliphatic rings. The number of hydrogen-bond acceptors (Lipinski definition) is 6. The number of nitro groups is 1. The number of nitrogens with one attached hydrogen (secondary N) is 1. The Morgan fingerprint density at radius 1 is 1.10 bits per heavy atom. The lowest BCUT2D eigenvalue weighted by atomic mass is 10.1. The Balaban J connectivity index is 1.87. The van der Waals surface area contributed by atoms with Crippen molar-refractivity contribution in [2.24, 2.45) is 0 Å². The highest BCUT2D eigenvalue weighted by atomic mass is 35.5. The van der Waals surface area contributed by atoms with Gasteiger partial charge in [-0.15, -0.1) is 0 Å². The summed E-state index contributed by atoms with van der Waals surface area (Å²) in [6, 6.07) is 15.9. The topological polar surface area (TPSA) is 113 Å². The molecule has 3 aromatic rings. The Morgan fingerprint density at radius 3 is 2.48 bits per heavy atom. The lowest BCUT2D eigenvalue weighted by Gasteiger charge is -2.12. The minimum atomic E-state index is -1.25. The number of halogens is 1. The zero-order valence-corrected chi connectivity index (χ0v) is 16.4. The molecule has 0 saturated heterocycles. The standard InChI is InChI=1S/C20H15ClN2O5S/c21-13-1-5-16(6-2-13)29-19-8-4-15(23(27)28)9-12(19)11-22-14-3-7-18(24)17(10-14)20(25)26/h1-10,22,24H,11H2,(H,25,26). The van der Waals surface area contributed by atoms with Gasteiger partial charge in [0.1, 0.15) is 11.3 Å². The quantitative estimate of drug-likeness (QED) is 0.260. The fourth-order valence-corrected chi connectivity index (χ4v) is 3.61. The average Bonchev–Trinajstić information content (AvgIpc) is 2.69. The van der Waals surface area contributed by atoms with Gasteiger partial charge in [0, 0.05) is 39.2 Å². The average molecular weight is 431 g/mol. The molecule has 0 saturated carbocycles. The van der Waals surface area contributed by atoms with Gasteiger partial charge in [-0.3, -0.25) is 10.1 Å². The molecular weight excluding hydrogens is 416 g/mol. The number of aromatic carboxylic acids is 1. The molecule has 0 unspecified atom stereocenters. The van der Waals surface area contributed by atoms with Gasteiger partial charge in [0.05, 0.1) is 4.92 Å². The molecule has 0 bridgehead atoms. The Hall–Kier alpha value is -3.23. The molecule has 0 spiro atoms. The van der Waals surface area contributed by atoms with Crippen LogP contribution in [0.25, 0.3) is 0 Å². The molecule has 0 aliphatic carbocycles. The van der Waals surface area contributed by atoms with Gasteiger partial charge < -0.3 is 15.5 Å². The van der Waals surface area contributed by atoms with Crippen molar-refractivity contribution in [3.63, 3.8) is 0 Å². The number of benzene rings is 3. The van der Waals surface area contributed by atoms with Crippen LogP contribution in [0.3, 0.4) is 0 Å². The van der Waals surface area contributed by atoms with Gasteiger partial charge in [0.15, 0.2) is 0 Å². The van der Waals surface area contributed by atoms with E-state index >= 15 is 0 Å². The molecule has 9 heteroatoms. The highest BCUT2D eigenvalue weighted by Crippen LogP contribution is 2.34. The van der Waals surface area contributed by atoms with Gasteiger partial charge in [0.2, 0.25) is 0 Å². The first kappa shape index (κ1) is 20.5. The second-order valence-corrected chi connectivity index (χ2v) is 7.55. The molecule has 3 N–H and O–H groups in total. The summed E-state index contributed by atoms with van der Waals surface area (Å²) in [7, 11) is 0. The van der Waals surface area contributed by atoms with Crippen LogP contribution in [0.1, 0.15) is 15.9 Å². The Labute approximate surface area is 175 Å². The van der Waals surface area contributed by atoms with Gasteiger partial charge in [-0.05, 0) is 54.1 Å². The number of anilines is 1. The maximum Gasteiger partial charge on any atom is 0.339 e. The van der Waals surface area contributed by atoms with Crippen molar-refractivity contribution >= 4 is 40.7 Å². The largest absolute Gasteiger partial charge is 0.507 e. The molecule has 0 heterocycles. The van der Waals surface area contributed by atoms with Crippen LogP contribution in [0, 0.1) is 10.1 Å². The van der Waals surface area contributed by atoms with Crippen LogP contribution in [0.5, 0.6) is 5.75 Å². The lowest BCUT2D eigenvalue weighted by molar-refractivity contribution is -0.385. The Morgan fingerprint density at radius 2 is 1.83 bits per heavy atom. The summed E-state index contributed by atoms with van der Waals surface area (Å²) >= 11 is 7.35. The third kappa shape index (κ3) is 5.18.